The maximum absolute atomic E-state index is 12.5. The van der Waals surface area contributed by atoms with E-state index in [0.717, 1.165) is 30.3 Å². The number of carbonyl (C=O) groups is 1. The minimum Gasteiger partial charge on any atom is -0.507 e. The second-order valence-corrected chi connectivity index (χ2v) is 6.30. The first-order valence-corrected chi connectivity index (χ1v) is 8.59. The number of aromatic hydroxyl groups is 1. The second kappa shape index (κ2) is 7.38. The molecule has 0 aliphatic rings. The van der Waals surface area contributed by atoms with Gasteiger partial charge in [-0.1, -0.05) is 37.3 Å². The van der Waals surface area contributed by atoms with Crippen LogP contribution in [0.15, 0.2) is 42.5 Å². The summed E-state index contributed by atoms with van der Waals surface area (Å²) in [6, 6.07) is 13.6. The number of hydrogen-bond donors (Lipinski definition) is 2. The first-order valence-electron chi connectivity index (χ1n) is 8.59. The lowest BCUT2D eigenvalue weighted by Gasteiger charge is -2.16. The van der Waals surface area contributed by atoms with Crippen LogP contribution in [0.5, 0.6) is 5.75 Å². The number of carbonyl (C=O) groups excluding carboxylic acids is 1. The van der Waals surface area contributed by atoms with Crippen LogP contribution in [0.3, 0.4) is 0 Å². The van der Waals surface area contributed by atoms with Crippen LogP contribution in [-0.4, -0.2) is 39.7 Å². The van der Waals surface area contributed by atoms with E-state index in [1.807, 2.05) is 25.1 Å². The Labute approximate surface area is 147 Å². The highest BCUT2D eigenvalue weighted by Gasteiger charge is 2.18. The number of H-pyrrole nitrogens is 1. The van der Waals surface area contributed by atoms with Gasteiger partial charge in [-0.05, 0) is 30.9 Å². The van der Waals surface area contributed by atoms with Gasteiger partial charge < -0.3 is 10.0 Å². The van der Waals surface area contributed by atoms with Crippen molar-refractivity contribution in [2.75, 3.05) is 13.6 Å². The van der Waals surface area contributed by atoms with E-state index in [-0.39, 0.29) is 11.7 Å². The van der Waals surface area contributed by atoms with Gasteiger partial charge in [0.1, 0.15) is 5.75 Å². The molecule has 0 atom stereocenters. The number of nitrogens with one attached hydrogen (secondary N) is 1. The number of hydrogen-bond acceptors (Lipinski definition) is 3. The number of phenols is 1. The Morgan fingerprint density at radius 3 is 2.68 bits per heavy atom. The van der Waals surface area contributed by atoms with E-state index < -0.39 is 0 Å². The van der Waals surface area contributed by atoms with Crippen molar-refractivity contribution >= 4 is 16.8 Å². The lowest BCUT2D eigenvalue weighted by molar-refractivity contribution is 0.0792. The fourth-order valence-electron chi connectivity index (χ4n) is 3.02. The van der Waals surface area contributed by atoms with Gasteiger partial charge in [0.2, 0.25) is 0 Å². The molecule has 2 aromatic carbocycles. The average Bonchev–Trinajstić information content (AvgIpc) is 3.01. The van der Waals surface area contributed by atoms with Gasteiger partial charge in [0.15, 0.2) is 0 Å². The van der Waals surface area contributed by atoms with Crippen LogP contribution in [0, 0.1) is 0 Å². The molecular formula is C20H23N3O2. The van der Waals surface area contributed by atoms with E-state index in [1.165, 1.54) is 5.56 Å². The molecule has 0 saturated carbocycles. The van der Waals surface area contributed by atoms with E-state index in [2.05, 4.69) is 22.3 Å². The van der Waals surface area contributed by atoms with Crippen molar-refractivity contribution < 1.29 is 9.90 Å². The van der Waals surface area contributed by atoms with E-state index in [4.69, 9.17) is 0 Å². The molecule has 1 heterocycles. The van der Waals surface area contributed by atoms with Crippen molar-refractivity contribution in [3.05, 3.63) is 59.3 Å². The monoisotopic (exact) mass is 337 g/mol. The van der Waals surface area contributed by atoms with E-state index >= 15 is 0 Å². The molecule has 130 valence electrons. The lowest BCUT2D eigenvalue weighted by atomic mass is 10.0. The van der Waals surface area contributed by atoms with Crippen LogP contribution in [0.1, 0.15) is 35.0 Å². The number of fused-ring (bicyclic) bond motifs is 1. The van der Waals surface area contributed by atoms with E-state index in [1.54, 1.807) is 24.1 Å². The molecule has 0 bridgehead atoms. The topological polar surface area (TPSA) is 69.2 Å². The Bertz CT molecular complexity index is 871. The van der Waals surface area contributed by atoms with Crippen LogP contribution < -0.4 is 0 Å². The van der Waals surface area contributed by atoms with Gasteiger partial charge in [0.25, 0.3) is 5.91 Å². The number of benzene rings is 2. The summed E-state index contributed by atoms with van der Waals surface area (Å²) in [6.45, 7) is 2.67. The molecule has 0 spiro atoms. The molecule has 0 aliphatic carbocycles. The summed E-state index contributed by atoms with van der Waals surface area (Å²) < 4.78 is 0. The third-order valence-corrected chi connectivity index (χ3v) is 4.39. The minimum atomic E-state index is -0.170. The predicted molar refractivity (Wildman–Crippen MR) is 98.9 cm³/mol. The third-order valence-electron chi connectivity index (χ3n) is 4.39. The molecule has 0 fully saturated rings. The van der Waals surface area contributed by atoms with Gasteiger partial charge >= 0.3 is 0 Å². The normalized spacial score (nSPS) is 11.0. The van der Waals surface area contributed by atoms with Crippen molar-refractivity contribution in [1.29, 1.82) is 0 Å². The molecule has 1 aromatic heterocycles. The van der Waals surface area contributed by atoms with E-state index in [0.29, 0.717) is 17.6 Å². The first kappa shape index (κ1) is 17.0. The molecular weight excluding hydrogens is 314 g/mol. The highest BCUT2D eigenvalue weighted by Crippen LogP contribution is 2.27. The zero-order valence-corrected chi connectivity index (χ0v) is 14.6. The van der Waals surface area contributed by atoms with Crippen molar-refractivity contribution in [2.24, 2.45) is 0 Å². The average molecular weight is 337 g/mol. The molecule has 25 heavy (non-hydrogen) atoms. The van der Waals surface area contributed by atoms with Gasteiger partial charge in [-0.25, -0.2) is 0 Å². The van der Waals surface area contributed by atoms with Crippen molar-refractivity contribution in [3.8, 4) is 5.75 Å². The Kier molecular flexibility index (Phi) is 5.03. The molecule has 5 heteroatoms. The van der Waals surface area contributed by atoms with Crippen LogP contribution in [0.2, 0.25) is 0 Å². The quantitative estimate of drug-likeness (QED) is 0.723. The number of aromatic nitrogens is 2. The van der Waals surface area contributed by atoms with Gasteiger partial charge in [0, 0.05) is 30.7 Å². The van der Waals surface area contributed by atoms with E-state index in [9.17, 15) is 9.90 Å². The predicted octanol–water partition coefficient (Wildman–Crippen LogP) is 3.54. The second-order valence-electron chi connectivity index (χ2n) is 6.30. The molecule has 1 amide bonds. The maximum Gasteiger partial charge on any atom is 0.257 e. The van der Waals surface area contributed by atoms with Crippen LogP contribution >= 0.6 is 0 Å². The number of rotatable bonds is 6. The Hall–Kier alpha value is -2.82. The smallest absolute Gasteiger partial charge is 0.257 e. The number of amides is 1. The molecule has 5 nitrogen and oxygen atoms in total. The summed E-state index contributed by atoms with van der Waals surface area (Å²) in [6.07, 6.45) is 2.56. The van der Waals surface area contributed by atoms with Crippen molar-refractivity contribution in [3.63, 3.8) is 0 Å². The Morgan fingerprint density at radius 1 is 1.20 bits per heavy atom. The molecule has 2 N–H and O–H groups in total. The number of aryl methyl sites for hydroxylation is 2. The van der Waals surface area contributed by atoms with Crippen molar-refractivity contribution in [2.45, 2.75) is 26.2 Å². The molecule has 3 rings (SSSR count). The summed E-state index contributed by atoms with van der Waals surface area (Å²) in [4.78, 5) is 14.2. The molecule has 0 saturated heterocycles. The number of nitrogens with zero attached hydrogens (tertiary/aromatic N) is 2. The first-order chi connectivity index (χ1) is 12.1. The van der Waals surface area contributed by atoms with Gasteiger partial charge in [-0.3, -0.25) is 9.89 Å². The summed E-state index contributed by atoms with van der Waals surface area (Å²) in [5.41, 5.74) is 3.23. The molecule has 0 aliphatic heterocycles. The standard InChI is InChI=1S/C20H23N3O2/c1-3-11-23(2)20(25)16-12-15-17(21-22-18(15)13-19(16)24)10-9-14-7-5-4-6-8-14/h4-8,12-13,24H,3,9-11H2,1-2H3,(H,21,22). The van der Waals surface area contributed by atoms with Gasteiger partial charge in [0.05, 0.1) is 11.1 Å². The maximum atomic E-state index is 12.5. The molecule has 0 unspecified atom stereocenters. The molecule has 3 aromatic rings. The number of phenolic OH excluding ortho intramolecular Hbond substituents is 1. The third kappa shape index (κ3) is 3.65. The zero-order chi connectivity index (χ0) is 17.8. The number of aromatic amines is 1. The van der Waals surface area contributed by atoms with Gasteiger partial charge in [-0.2, -0.15) is 5.10 Å². The summed E-state index contributed by atoms with van der Waals surface area (Å²) in [5.74, 6) is -0.196. The van der Waals surface area contributed by atoms with Crippen LogP contribution in [0.4, 0.5) is 0 Å². The Balaban J connectivity index is 1.88. The van der Waals surface area contributed by atoms with Crippen molar-refractivity contribution in [1.82, 2.24) is 15.1 Å². The van der Waals surface area contributed by atoms with Gasteiger partial charge in [-0.15, -0.1) is 0 Å². The van der Waals surface area contributed by atoms with Crippen LogP contribution in [0.25, 0.3) is 10.9 Å². The SMILES string of the molecule is CCCN(C)C(=O)c1cc2c(CCc3ccccc3)[nH]nc2cc1O. The molecule has 0 radical (unpaired) electrons. The summed E-state index contributed by atoms with van der Waals surface area (Å²) in [7, 11) is 1.75. The zero-order valence-electron chi connectivity index (χ0n) is 14.6. The Morgan fingerprint density at radius 2 is 1.96 bits per heavy atom. The summed E-state index contributed by atoms with van der Waals surface area (Å²) in [5, 5.41) is 18.4. The highest BCUT2D eigenvalue weighted by atomic mass is 16.3. The highest BCUT2D eigenvalue weighted by molar-refractivity contribution is 6.01. The largest absolute Gasteiger partial charge is 0.507 e. The minimum absolute atomic E-state index is 0.0263. The fourth-order valence-corrected chi connectivity index (χ4v) is 3.02. The lowest BCUT2D eigenvalue weighted by Crippen LogP contribution is -2.27. The van der Waals surface area contributed by atoms with Crippen LogP contribution in [-0.2, 0) is 12.8 Å². The summed E-state index contributed by atoms with van der Waals surface area (Å²) >= 11 is 0. The fraction of sp³-hybridized carbons (Fsp3) is 0.300.